The molecule has 0 saturated carbocycles. The summed E-state index contributed by atoms with van der Waals surface area (Å²) in [4.78, 5) is 19.7. The highest BCUT2D eigenvalue weighted by Crippen LogP contribution is 2.41. The second-order valence-corrected chi connectivity index (χ2v) is 10.2. The Kier molecular flexibility index (Phi) is 7.65. The maximum atomic E-state index is 12.9. The number of hydrogen-bond acceptors (Lipinski definition) is 4. The van der Waals surface area contributed by atoms with Gasteiger partial charge in [-0.1, -0.05) is 23.8 Å². The van der Waals surface area contributed by atoms with Gasteiger partial charge in [0, 0.05) is 41.9 Å². The first kappa shape index (κ1) is 26.4. The lowest BCUT2D eigenvalue weighted by atomic mass is 9.96. The number of amides is 1. The molecule has 0 aliphatic carbocycles. The predicted octanol–water partition coefficient (Wildman–Crippen LogP) is 5.81. The van der Waals surface area contributed by atoms with Crippen LogP contribution >= 0.6 is 12.2 Å². The molecule has 1 aliphatic rings. The zero-order chi connectivity index (χ0) is 27.5. The van der Waals surface area contributed by atoms with E-state index in [4.69, 9.17) is 17.0 Å². The molecule has 2 aromatic heterocycles. The molecule has 1 fully saturated rings. The lowest BCUT2D eigenvalue weighted by Gasteiger charge is -2.28. The fourth-order valence-electron chi connectivity index (χ4n) is 5.28. The van der Waals surface area contributed by atoms with Crippen LogP contribution in [0.5, 0.6) is 5.75 Å². The van der Waals surface area contributed by atoms with Crippen molar-refractivity contribution in [3.8, 4) is 11.4 Å². The second-order valence-electron chi connectivity index (χ2n) is 9.84. The van der Waals surface area contributed by atoms with Gasteiger partial charge in [-0.05, 0) is 93.1 Å². The molecule has 1 amide bonds. The topological polar surface area (TPSA) is 71.4 Å². The average Bonchev–Trinajstić information content (AvgIpc) is 3.43. The van der Waals surface area contributed by atoms with E-state index in [1.165, 1.54) is 0 Å². The highest BCUT2D eigenvalue weighted by molar-refractivity contribution is 7.80. The lowest BCUT2D eigenvalue weighted by molar-refractivity contribution is -0.116. The van der Waals surface area contributed by atoms with Crippen LogP contribution in [-0.4, -0.2) is 39.1 Å². The number of rotatable bonds is 8. The van der Waals surface area contributed by atoms with E-state index in [0.29, 0.717) is 18.1 Å². The van der Waals surface area contributed by atoms with Crippen LogP contribution in [0.1, 0.15) is 46.7 Å². The van der Waals surface area contributed by atoms with Gasteiger partial charge in [0.25, 0.3) is 0 Å². The summed E-state index contributed by atoms with van der Waals surface area (Å²) in [7, 11) is 1.67. The van der Waals surface area contributed by atoms with Gasteiger partial charge in [0.15, 0.2) is 5.11 Å². The third kappa shape index (κ3) is 5.52. The first-order valence-electron chi connectivity index (χ1n) is 13.0. The summed E-state index contributed by atoms with van der Waals surface area (Å²) in [5.41, 5.74) is 7.28. The molecule has 2 atom stereocenters. The minimum atomic E-state index is -0.149. The molecular formula is C31H33N5O2S. The van der Waals surface area contributed by atoms with E-state index in [2.05, 4.69) is 57.1 Å². The number of aryl methyl sites for hydroxylation is 2. The van der Waals surface area contributed by atoms with Crippen molar-refractivity contribution in [2.45, 2.75) is 39.3 Å². The van der Waals surface area contributed by atoms with Crippen LogP contribution in [-0.2, 0) is 4.79 Å². The molecule has 8 heteroatoms. The van der Waals surface area contributed by atoms with Gasteiger partial charge in [0.05, 0.1) is 24.9 Å². The van der Waals surface area contributed by atoms with Crippen molar-refractivity contribution < 1.29 is 9.53 Å². The fraction of sp³-hybridized carbons (Fsp3) is 0.258. The van der Waals surface area contributed by atoms with E-state index in [-0.39, 0.29) is 18.0 Å². The van der Waals surface area contributed by atoms with Gasteiger partial charge in [-0.25, -0.2) is 0 Å². The number of methoxy groups -OCH3 is 1. The van der Waals surface area contributed by atoms with Gasteiger partial charge < -0.3 is 24.8 Å². The number of ether oxygens (including phenoxy) is 1. The number of carbonyl (C=O) groups excluding carboxylic acids is 1. The minimum Gasteiger partial charge on any atom is -0.497 e. The number of anilines is 1. The number of benzene rings is 2. The Labute approximate surface area is 234 Å². The first-order chi connectivity index (χ1) is 18.9. The average molecular weight is 540 g/mol. The smallest absolute Gasteiger partial charge is 0.226 e. The quantitative estimate of drug-likeness (QED) is 0.276. The molecule has 0 unspecified atom stereocenters. The van der Waals surface area contributed by atoms with Crippen molar-refractivity contribution >= 4 is 28.9 Å². The predicted molar refractivity (Wildman–Crippen MR) is 158 cm³/mol. The van der Waals surface area contributed by atoms with Gasteiger partial charge in [-0.3, -0.25) is 9.78 Å². The largest absolute Gasteiger partial charge is 0.497 e. The Morgan fingerprint density at radius 3 is 2.46 bits per heavy atom. The third-order valence-corrected chi connectivity index (χ3v) is 7.58. The van der Waals surface area contributed by atoms with Crippen LogP contribution in [0.3, 0.4) is 0 Å². The SMILES string of the molecule is COc1ccc(-n2c(C)cc([C@H]3[C@H](c4ccccn4)NC(=S)N3CCC(=O)Nc3ccc(C)cc3)c2C)cc1. The molecule has 2 aromatic carbocycles. The van der Waals surface area contributed by atoms with Gasteiger partial charge in [0.2, 0.25) is 5.91 Å². The molecule has 200 valence electrons. The van der Waals surface area contributed by atoms with E-state index in [9.17, 15) is 4.79 Å². The van der Waals surface area contributed by atoms with Gasteiger partial charge >= 0.3 is 0 Å². The highest BCUT2D eigenvalue weighted by atomic mass is 32.1. The van der Waals surface area contributed by atoms with E-state index < -0.39 is 0 Å². The molecule has 7 nitrogen and oxygen atoms in total. The maximum absolute atomic E-state index is 12.9. The molecule has 5 rings (SSSR count). The molecule has 39 heavy (non-hydrogen) atoms. The van der Waals surface area contributed by atoms with E-state index in [1.807, 2.05) is 61.5 Å². The Bertz CT molecular complexity index is 1470. The Morgan fingerprint density at radius 2 is 1.79 bits per heavy atom. The standard InChI is InChI=1S/C31H33N5O2S/c1-20-8-10-23(11-9-20)33-28(37)16-18-35-30(29(34-31(35)39)27-7-5-6-17-32-27)26-19-21(2)36(22(26)3)24-12-14-25(38-4)15-13-24/h5-15,17,19,29-30H,16,18H2,1-4H3,(H,33,37)(H,34,39)/t29-,30-/m0/s1. The number of hydrogen-bond donors (Lipinski definition) is 2. The van der Waals surface area contributed by atoms with E-state index in [1.54, 1.807) is 13.3 Å². The summed E-state index contributed by atoms with van der Waals surface area (Å²) in [5, 5.41) is 7.12. The second kappa shape index (κ2) is 11.3. The van der Waals surface area contributed by atoms with Crippen molar-refractivity contribution in [3.63, 3.8) is 0 Å². The fourth-order valence-corrected chi connectivity index (χ4v) is 5.61. The molecule has 1 aliphatic heterocycles. The molecular weight excluding hydrogens is 506 g/mol. The van der Waals surface area contributed by atoms with Crippen LogP contribution in [0.2, 0.25) is 0 Å². The van der Waals surface area contributed by atoms with E-state index in [0.717, 1.165) is 45.3 Å². The Morgan fingerprint density at radius 1 is 1.05 bits per heavy atom. The Hall–Kier alpha value is -4.17. The van der Waals surface area contributed by atoms with Crippen molar-refractivity contribution in [2.75, 3.05) is 19.0 Å². The van der Waals surface area contributed by atoms with Crippen molar-refractivity contribution in [2.24, 2.45) is 0 Å². The van der Waals surface area contributed by atoms with Crippen LogP contribution < -0.4 is 15.4 Å². The normalized spacial score (nSPS) is 16.7. The van der Waals surface area contributed by atoms with Crippen LogP contribution in [0.4, 0.5) is 5.69 Å². The number of aromatic nitrogens is 2. The molecule has 1 saturated heterocycles. The number of thiocarbonyl (C=S) groups is 1. The third-order valence-electron chi connectivity index (χ3n) is 7.23. The van der Waals surface area contributed by atoms with Gasteiger partial charge in [-0.2, -0.15) is 0 Å². The molecule has 0 radical (unpaired) electrons. The van der Waals surface area contributed by atoms with Crippen LogP contribution in [0.15, 0.2) is 79.0 Å². The molecule has 3 heterocycles. The molecule has 2 N–H and O–H groups in total. The summed E-state index contributed by atoms with van der Waals surface area (Å²) >= 11 is 5.83. The monoisotopic (exact) mass is 539 g/mol. The number of nitrogens with zero attached hydrogens (tertiary/aromatic N) is 3. The summed E-state index contributed by atoms with van der Waals surface area (Å²) in [5.74, 6) is 0.766. The summed E-state index contributed by atoms with van der Waals surface area (Å²) < 4.78 is 7.60. The zero-order valence-electron chi connectivity index (χ0n) is 22.6. The van der Waals surface area contributed by atoms with Gasteiger partial charge in [0.1, 0.15) is 5.75 Å². The summed E-state index contributed by atoms with van der Waals surface area (Å²) in [6.45, 7) is 6.74. The summed E-state index contributed by atoms with van der Waals surface area (Å²) in [6, 6.07) is 23.7. The Balaban J connectivity index is 1.45. The van der Waals surface area contributed by atoms with Crippen molar-refractivity contribution in [3.05, 3.63) is 107 Å². The number of pyridine rings is 1. The molecule has 0 spiro atoms. The van der Waals surface area contributed by atoms with E-state index >= 15 is 0 Å². The minimum absolute atomic E-state index is 0.0506. The molecule has 0 bridgehead atoms. The van der Waals surface area contributed by atoms with Crippen molar-refractivity contribution in [1.82, 2.24) is 19.8 Å². The maximum Gasteiger partial charge on any atom is 0.226 e. The highest BCUT2D eigenvalue weighted by Gasteiger charge is 2.41. The van der Waals surface area contributed by atoms with Gasteiger partial charge in [-0.15, -0.1) is 0 Å². The first-order valence-corrected chi connectivity index (χ1v) is 13.4. The van der Waals surface area contributed by atoms with Crippen molar-refractivity contribution in [1.29, 1.82) is 0 Å². The summed E-state index contributed by atoms with van der Waals surface area (Å²) in [6.07, 6.45) is 2.10. The van der Waals surface area contributed by atoms with Crippen LogP contribution in [0, 0.1) is 20.8 Å². The number of carbonyl (C=O) groups is 1. The van der Waals surface area contributed by atoms with Crippen LogP contribution in [0.25, 0.3) is 5.69 Å². The lowest BCUT2D eigenvalue weighted by Crippen LogP contribution is -2.32. The zero-order valence-corrected chi connectivity index (χ0v) is 23.5. The molecule has 4 aromatic rings. The number of nitrogens with one attached hydrogen (secondary N) is 2.